The average molecular weight is 273 g/mol. The first-order valence-corrected chi connectivity index (χ1v) is 5.93. The van der Waals surface area contributed by atoms with Crippen molar-refractivity contribution in [2.45, 2.75) is 13.1 Å². The summed E-state index contributed by atoms with van der Waals surface area (Å²) in [6.07, 6.45) is 1.36. The van der Waals surface area contributed by atoms with Gasteiger partial charge in [0.2, 0.25) is 5.91 Å². The molecule has 2 aromatic heterocycles. The van der Waals surface area contributed by atoms with Gasteiger partial charge in [-0.25, -0.2) is 9.78 Å². The average Bonchev–Trinajstić information content (AvgIpc) is 3.06. The molecule has 0 spiro atoms. The van der Waals surface area contributed by atoms with E-state index < -0.39 is 5.76 Å². The third-order valence-corrected chi connectivity index (χ3v) is 2.79. The van der Waals surface area contributed by atoms with E-state index in [0.717, 1.165) is 0 Å². The molecule has 0 bridgehead atoms. The van der Waals surface area contributed by atoms with Crippen molar-refractivity contribution in [2.24, 2.45) is 0 Å². The lowest BCUT2D eigenvalue weighted by Gasteiger charge is -2.03. The summed E-state index contributed by atoms with van der Waals surface area (Å²) in [6, 6.07) is 6.95. The number of oxazole rings is 1. The summed E-state index contributed by atoms with van der Waals surface area (Å²) < 4.78 is 6.33. The molecule has 8 nitrogen and oxygen atoms in total. The number of H-pyrrole nitrogens is 1. The highest BCUT2D eigenvalue weighted by atomic mass is 16.4. The van der Waals surface area contributed by atoms with Crippen molar-refractivity contribution in [3.05, 3.63) is 47.0 Å². The number of para-hydroxylation sites is 2. The maximum atomic E-state index is 11.8. The maximum Gasteiger partial charge on any atom is 0.420 e. The standard InChI is InChI=1S/C12H11N5O3/c18-11(13-5-10-14-7-15-16-10)6-17-8-3-1-2-4-9(8)20-12(17)19/h1-4,7H,5-6H2,(H,13,18)(H,14,15,16). The number of rotatable bonds is 4. The third kappa shape index (κ3) is 2.30. The quantitative estimate of drug-likeness (QED) is 0.697. The fourth-order valence-corrected chi connectivity index (χ4v) is 1.86. The van der Waals surface area contributed by atoms with Crippen molar-refractivity contribution >= 4 is 17.0 Å². The van der Waals surface area contributed by atoms with Crippen LogP contribution in [-0.4, -0.2) is 25.7 Å². The minimum atomic E-state index is -0.555. The van der Waals surface area contributed by atoms with Gasteiger partial charge < -0.3 is 9.73 Å². The van der Waals surface area contributed by atoms with Gasteiger partial charge in [0.15, 0.2) is 5.58 Å². The first-order valence-electron chi connectivity index (χ1n) is 5.93. The molecule has 0 saturated heterocycles. The van der Waals surface area contributed by atoms with Gasteiger partial charge in [-0.1, -0.05) is 12.1 Å². The second kappa shape index (κ2) is 5.00. The highest BCUT2D eigenvalue weighted by Crippen LogP contribution is 2.11. The largest absolute Gasteiger partial charge is 0.420 e. The number of fused-ring (bicyclic) bond motifs is 1. The van der Waals surface area contributed by atoms with Crippen molar-refractivity contribution in [2.75, 3.05) is 0 Å². The predicted molar refractivity (Wildman–Crippen MR) is 68.7 cm³/mol. The second-order valence-electron chi connectivity index (χ2n) is 4.13. The Balaban J connectivity index is 1.74. The predicted octanol–water partition coefficient (Wildman–Crippen LogP) is 0.0290. The molecule has 20 heavy (non-hydrogen) atoms. The van der Waals surface area contributed by atoms with E-state index in [2.05, 4.69) is 20.5 Å². The number of hydrogen-bond donors (Lipinski definition) is 2. The fourth-order valence-electron chi connectivity index (χ4n) is 1.86. The zero-order valence-electron chi connectivity index (χ0n) is 10.4. The van der Waals surface area contributed by atoms with E-state index in [1.54, 1.807) is 24.3 Å². The van der Waals surface area contributed by atoms with E-state index >= 15 is 0 Å². The van der Waals surface area contributed by atoms with Gasteiger partial charge in [0.1, 0.15) is 18.7 Å². The molecule has 102 valence electrons. The van der Waals surface area contributed by atoms with Crippen molar-refractivity contribution in [3.8, 4) is 0 Å². The van der Waals surface area contributed by atoms with Gasteiger partial charge in [-0.3, -0.25) is 14.5 Å². The Morgan fingerprint density at radius 1 is 1.40 bits per heavy atom. The first kappa shape index (κ1) is 12.2. The molecule has 0 radical (unpaired) electrons. The van der Waals surface area contributed by atoms with Crippen LogP contribution in [0.25, 0.3) is 11.1 Å². The Kier molecular flexibility index (Phi) is 3.04. The third-order valence-electron chi connectivity index (χ3n) is 2.79. The van der Waals surface area contributed by atoms with Crippen LogP contribution in [0.4, 0.5) is 0 Å². The molecule has 8 heteroatoms. The summed E-state index contributed by atoms with van der Waals surface area (Å²) in [4.78, 5) is 27.4. The van der Waals surface area contributed by atoms with Crippen molar-refractivity contribution in [1.82, 2.24) is 25.1 Å². The summed E-state index contributed by atoms with van der Waals surface area (Å²) in [5, 5.41) is 8.94. The van der Waals surface area contributed by atoms with Crippen LogP contribution < -0.4 is 11.1 Å². The van der Waals surface area contributed by atoms with Crippen LogP contribution in [0.5, 0.6) is 0 Å². The summed E-state index contributed by atoms with van der Waals surface area (Å²) >= 11 is 0. The van der Waals surface area contributed by atoms with E-state index in [1.807, 2.05) is 0 Å². The topological polar surface area (TPSA) is 106 Å². The Labute approximate surface area is 112 Å². The highest BCUT2D eigenvalue weighted by molar-refractivity contribution is 5.79. The minimum Gasteiger partial charge on any atom is -0.408 e. The lowest BCUT2D eigenvalue weighted by Crippen LogP contribution is -2.30. The van der Waals surface area contributed by atoms with E-state index in [9.17, 15) is 9.59 Å². The smallest absolute Gasteiger partial charge is 0.408 e. The van der Waals surface area contributed by atoms with Crippen LogP contribution in [-0.2, 0) is 17.9 Å². The molecule has 0 unspecified atom stereocenters. The summed E-state index contributed by atoms with van der Waals surface area (Å²) in [5.41, 5.74) is 1.05. The Bertz CT molecular complexity index is 787. The number of hydrogen-bond acceptors (Lipinski definition) is 5. The molecule has 0 aliphatic heterocycles. The zero-order chi connectivity index (χ0) is 13.9. The number of carbonyl (C=O) groups excluding carboxylic acids is 1. The van der Waals surface area contributed by atoms with Crippen LogP contribution in [0.2, 0.25) is 0 Å². The Morgan fingerprint density at radius 3 is 3.05 bits per heavy atom. The van der Waals surface area contributed by atoms with Crippen molar-refractivity contribution in [3.63, 3.8) is 0 Å². The summed E-state index contributed by atoms with van der Waals surface area (Å²) in [5.74, 6) is -0.321. The molecule has 0 aliphatic carbocycles. The number of aromatic amines is 1. The van der Waals surface area contributed by atoms with Gasteiger partial charge in [-0.2, -0.15) is 5.10 Å². The maximum absolute atomic E-state index is 11.8. The van der Waals surface area contributed by atoms with Gasteiger partial charge in [0.05, 0.1) is 12.1 Å². The molecule has 3 rings (SSSR count). The second-order valence-corrected chi connectivity index (χ2v) is 4.13. The van der Waals surface area contributed by atoms with Crippen LogP contribution in [0.15, 0.2) is 39.8 Å². The van der Waals surface area contributed by atoms with Crippen molar-refractivity contribution < 1.29 is 9.21 Å². The molecule has 1 aromatic carbocycles. The highest BCUT2D eigenvalue weighted by Gasteiger charge is 2.12. The zero-order valence-corrected chi connectivity index (χ0v) is 10.4. The Hall–Kier alpha value is -2.90. The number of nitrogens with one attached hydrogen (secondary N) is 2. The molecule has 0 saturated carbocycles. The van der Waals surface area contributed by atoms with Gasteiger partial charge in [-0.05, 0) is 12.1 Å². The number of aromatic nitrogens is 4. The van der Waals surface area contributed by atoms with Crippen LogP contribution >= 0.6 is 0 Å². The molecular weight excluding hydrogens is 262 g/mol. The SMILES string of the molecule is O=C(Cn1c(=O)oc2ccccc21)NCc1ncn[nH]1. The molecule has 0 atom stereocenters. The van der Waals surface area contributed by atoms with Crippen molar-refractivity contribution in [1.29, 1.82) is 0 Å². The number of benzene rings is 1. The summed E-state index contributed by atoms with van der Waals surface area (Å²) in [7, 11) is 0. The van der Waals surface area contributed by atoms with E-state index in [-0.39, 0.29) is 19.0 Å². The molecule has 1 amide bonds. The van der Waals surface area contributed by atoms with Gasteiger partial charge in [0.25, 0.3) is 0 Å². The number of carbonyl (C=O) groups is 1. The lowest BCUT2D eigenvalue weighted by atomic mass is 10.3. The Morgan fingerprint density at radius 2 is 2.25 bits per heavy atom. The lowest BCUT2D eigenvalue weighted by molar-refractivity contribution is -0.121. The monoisotopic (exact) mass is 273 g/mol. The molecule has 0 aliphatic rings. The van der Waals surface area contributed by atoms with Gasteiger partial charge in [0, 0.05) is 0 Å². The minimum absolute atomic E-state index is 0.107. The molecule has 2 N–H and O–H groups in total. The van der Waals surface area contributed by atoms with E-state index in [0.29, 0.717) is 16.9 Å². The van der Waals surface area contributed by atoms with Crippen LogP contribution in [0.1, 0.15) is 5.82 Å². The van der Waals surface area contributed by atoms with Gasteiger partial charge in [-0.15, -0.1) is 0 Å². The number of nitrogens with zero attached hydrogens (tertiary/aromatic N) is 3. The summed E-state index contributed by atoms with van der Waals surface area (Å²) in [6.45, 7) is 0.118. The van der Waals surface area contributed by atoms with Crippen LogP contribution in [0.3, 0.4) is 0 Å². The molecule has 2 heterocycles. The van der Waals surface area contributed by atoms with E-state index in [1.165, 1.54) is 10.9 Å². The van der Waals surface area contributed by atoms with E-state index in [4.69, 9.17) is 4.42 Å². The first-order chi connectivity index (χ1) is 9.74. The van der Waals surface area contributed by atoms with Gasteiger partial charge >= 0.3 is 5.76 Å². The number of amides is 1. The molecule has 3 aromatic rings. The molecule has 0 fully saturated rings. The normalized spacial score (nSPS) is 10.8. The molecular formula is C12H11N5O3. The fraction of sp³-hybridized carbons (Fsp3) is 0.167. The van der Waals surface area contributed by atoms with Crippen LogP contribution in [0, 0.1) is 0 Å².